The molecule has 0 bridgehead atoms. The summed E-state index contributed by atoms with van der Waals surface area (Å²) in [5, 5.41) is 51.7. The summed E-state index contributed by atoms with van der Waals surface area (Å²) >= 11 is 1.40. The maximum Gasteiger partial charge on any atom is 0.326 e. The van der Waals surface area contributed by atoms with Crippen LogP contribution >= 0.6 is 11.8 Å². The molecule has 0 radical (unpaired) electrons. The molecule has 3 amide bonds. The Kier molecular flexibility index (Phi) is 16.3. The number of carboxylic acids is 2. The van der Waals surface area contributed by atoms with Crippen molar-refractivity contribution in [2.45, 2.75) is 43.9 Å². The third kappa shape index (κ3) is 14.1. The quantitative estimate of drug-likeness (QED) is 0.119. The SMILES string of the molecule is CC(=O)O.CSCC[C@H](NC(=O)[C@H](CO)NC(=O)[C@H](Cc1ccc(O)cc1)NC(=O)[C@@H](N)CO)C(=O)O. The fourth-order valence-electron chi connectivity index (χ4n) is 2.67. The Morgan fingerprint density at radius 3 is 1.81 bits per heavy atom. The first-order chi connectivity index (χ1) is 17.4. The fourth-order valence-corrected chi connectivity index (χ4v) is 3.14. The summed E-state index contributed by atoms with van der Waals surface area (Å²) in [7, 11) is 0. The minimum absolute atomic E-state index is 0.00226. The standard InChI is InChI=1S/C20H30N4O8S.C2H4O2/c1-33-7-6-14(20(31)32)22-19(30)16(10-26)24-18(29)15(23-17(28)13(21)9-25)8-11-2-4-12(27)5-3-11;1-2(3)4/h2-5,13-16,25-27H,6-10,21H2,1H3,(H,22,30)(H,23,28)(H,24,29)(H,31,32);1H3,(H,3,4)/t13-,14-,15-,16-;/m0./s1. The molecule has 0 saturated heterocycles. The lowest BCUT2D eigenvalue weighted by molar-refractivity contribution is -0.142. The van der Waals surface area contributed by atoms with E-state index < -0.39 is 67.0 Å². The molecule has 0 aromatic heterocycles. The monoisotopic (exact) mass is 546 g/mol. The van der Waals surface area contributed by atoms with Gasteiger partial charge in [0.1, 0.15) is 29.9 Å². The summed E-state index contributed by atoms with van der Waals surface area (Å²) in [5.74, 6) is -4.18. The average molecular weight is 547 g/mol. The van der Waals surface area contributed by atoms with Crippen molar-refractivity contribution < 1.29 is 49.5 Å². The zero-order valence-electron chi connectivity index (χ0n) is 20.4. The molecule has 1 aromatic rings. The number of aliphatic hydroxyl groups is 2. The molecule has 0 aliphatic rings. The van der Waals surface area contributed by atoms with Gasteiger partial charge in [-0.1, -0.05) is 12.1 Å². The van der Waals surface area contributed by atoms with Crippen molar-refractivity contribution in [3.05, 3.63) is 29.8 Å². The number of nitrogens with two attached hydrogens (primary N) is 1. The maximum atomic E-state index is 12.8. The molecular weight excluding hydrogens is 512 g/mol. The Labute approximate surface area is 217 Å². The highest BCUT2D eigenvalue weighted by Crippen LogP contribution is 2.12. The molecule has 208 valence electrons. The molecule has 0 heterocycles. The minimum Gasteiger partial charge on any atom is -0.508 e. The van der Waals surface area contributed by atoms with Gasteiger partial charge >= 0.3 is 5.97 Å². The predicted molar refractivity (Wildman–Crippen MR) is 134 cm³/mol. The molecule has 14 nitrogen and oxygen atoms in total. The molecule has 0 spiro atoms. The Morgan fingerprint density at radius 1 is 0.865 bits per heavy atom. The molecule has 37 heavy (non-hydrogen) atoms. The van der Waals surface area contributed by atoms with Crippen LogP contribution in [0.15, 0.2) is 24.3 Å². The third-order valence-electron chi connectivity index (χ3n) is 4.58. The summed E-state index contributed by atoms with van der Waals surface area (Å²) < 4.78 is 0. The van der Waals surface area contributed by atoms with Gasteiger partial charge in [-0.25, -0.2) is 4.79 Å². The number of hydrogen-bond donors (Lipinski definition) is 9. The number of aliphatic carboxylic acids is 2. The third-order valence-corrected chi connectivity index (χ3v) is 5.23. The normalized spacial score (nSPS) is 13.5. The molecule has 1 aromatic carbocycles. The van der Waals surface area contributed by atoms with Crippen LogP contribution in [0, 0.1) is 0 Å². The van der Waals surface area contributed by atoms with Gasteiger partial charge in [-0.15, -0.1) is 0 Å². The van der Waals surface area contributed by atoms with Crippen molar-refractivity contribution in [3.63, 3.8) is 0 Å². The van der Waals surface area contributed by atoms with E-state index in [-0.39, 0.29) is 18.6 Å². The Morgan fingerprint density at radius 2 is 1.35 bits per heavy atom. The first-order valence-electron chi connectivity index (χ1n) is 10.9. The predicted octanol–water partition coefficient (Wildman–Crippen LogP) is -2.37. The van der Waals surface area contributed by atoms with Gasteiger partial charge in [0.2, 0.25) is 17.7 Å². The number of carbonyl (C=O) groups excluding carboxylic acids is 3. The largest absolute Gasteiger partial charge is 0.508 e. The molecule has 0 aliphatic carbocycles. The van der Waals surface area contributed by atoms with Crippen molar-refractivity contribution in [2.75, 3.05) is 25.2 Å². The van der Waals surface area contributed by atoms with Crippen molar-refractivity contribution >= 4 is 41.4 Å². The number of nitrogens with one attached hydrogen (secondary N) is 3. The van der Waals surface area contributed by atoms with Gasteiger partial charge in [-0.2, -0.15) is 11.8 Å². The lowest BCUT2D eigenvalue weighted by Gasteiger charge is -2.24. The van der Waals surface area contributed by atoms with Crippen LogP contribution in [0.2, 0.25) is 0 Å². The minimum atomic E-state index is -1.47. The molecule has 0 aliphatic heterocycles. The molecule has 1 rings (SSSR count). The number of amides is 3. The molecule has 0 unspecified atom stereocenters. The number of carbonyl (C=O) groups is 5. The first kappa shape index (κ1) is 33.6. The second-order valence-corrected chi connectivity index (χ2v) is 8.65. The van der Waals surface area contributed by atoms with Gasteiger partial charge in [0.25, 0.3) is 5.97 Å². The maximum absolute atomic E-state index is 12.8. The number of rotatable bonds is 14. The van der Waals surface area contributed by atoms with Crippen LogP contribution < -0.4 is 21.7 Å². The van der Waals surface area contributed by atoms with Gasteiger partial charge in [-0.05, 0) is 36.1 Å². The number of carboxylic acid groups (broad SMARTS) is 2. The lowest BCUT2D eigenvalue weighted by Crippen LogP contribution is -2.58. The molecule has 4 atom stereocenters. The first-order valence-corrected chi connectivity index (χ1v) is 12.3. The second kappa shape index (κ2) is 17.9. The summed E-state index contributed by atoms with van der Waals surface area (Å²) in [6.45, 7) is -0.393. The van der Waals surface area contributed by atoms with E-state index in [0.29, 0.717) is 11.3 Å². The summed E-state index contributed by atoms with van der Waals surface area (Å²) in [6.07, 6.45) is 1.87. The van der Waals surface area contributed by atoms with E-state index in [1.165, 1.54) is 36.0 Å². The highest BCUT2D eigenvalue weighted by atomic mass is 32.2. The number of phenols is 1. The summed E-state index contributed by atoms with van der Waals surface area (Å²) in [6, 6.07) is 0.607. The molecule has 10 N–H and O–H groups in total. The number of phenolic OH excluding ortho intramolecular Hbond substituents is 1. The van der Waals surface area contributed by atoms with Crippen LogP contribution in [0.5, 0.6) is 5.75 Å². The smallest absolute Gasteiger partial charge is 0.326 e. The molecule has 0 fully saturated rings. The number of aromatic hydroxyl groups is 1. The second-order valence-electron chi connectivity index (χ2n) is 7.66. The van der Waals surface area contributed by atoms with Gasteiger partial charge in [0.05, 0.1) is 13.2 Å². The number of aliphatic hydroxyl groups excluding tert-OH is 2. The van der Waals surface area contributed by atoms with E-state index in [4.69, 9.17) is 20.7 Å². The highest BCUT2D eigenvalue weighted by Gasteiger charge is 2.30. The zero-order valence-corrected chi connectivity index (χ0v) is 21.2. The lowest BCUT2D eigenvalue weighted by atomic mass is 10.0. The number of thioether (sulfide) groups is 1. The van der Waals surface area contributed by atoms with Crippen LogP contribution in [0.4, 0.5) is 0 Å². The molecular formula is C22H34N4O10S. The van der Waals surface area contributed by atoms with E-state index >= 15 is 0 Å². The zero-order chi connectivity index (χ0) is 28.5. The van der Waals surface area contributed by atoms with Gasteiger partial charge in [0.15, 0.2) is 0 Å². The molecule has 0 saturated carbocycles. The van der Waals surface area contributed by atoms with Crippen LogP contribution in [0.3, 0.4) is 0 Å². The van der Waals surface area contributed by atoms with Crippen molar-refractivity contribution in [2.24, 2.45) is 5.73 Å². The summed E-state index contributed by atoms with van der Waals surface area (Å²) in [5.41, 5.74) is 6.04. The van der Waals surface area contributed by atoms with Crippen molar-refractivity contribution in [3.8, 4) is 5.75 Å². The number of hydrogen-bond acceptors (Lipinski definition) is 10. The van der Waals surface area contributed by atoms with E-state index in [1.54, 1.807) is 6.26 Å². The van der Waals surface area contributed by atoms with E-state index in [1.807, 2.05) is 0 Å². The van der Waals surface area contributed by atoms with Gasteiger partial charge in [0, 0.05) is 13.3 Å². The van der Waals surface area contributed by atoms with Crippen LogP contribution in [0.25, 0.3) is 0 Å². The topological polar surface area (TPSA) is 249 Å². The van der Waals surface area contributed by atoms with Crippen LogP contribution in [-0.4, -0.2) is 105 Å². The van der Waals surface area contributed by atoms with Crippen LogP contribution in [-0.2, 0) is 30.4 Å². The van der Waals surface area contributed by atoms with E-state index in [0.717, 1.165) is 6.92 Å². The molecule has 15 heteroatoms. The average Bonchev–Trinajstić information content (AvgIpc) is 2.84. The van der Waals surface area contributed by atoms with Crippen molar-refractivity contribution in [1.82, 2.24) is 16.0 Å². The van der Waals surface area contributed by atoms with Gasteiger partial charge in [-0.3, -0.25) is 19.2 Å². The Balaban J connectivity index is 0.00000300. The summed E-state index contributed by atoms with van der Waals surface area (Å²) in [4.78, 5) is 57.8. The Hall–Kier alpha value is -3.40. The highest BCUT2D eigenvalue weighted by molar-refractivity contribution is 7.98. The number of benzene rings is 1. The Bertz CT molecular complexity index is 896. The van der Waals surface area contributed by atoms with Crippen LogP contribution in [0.1, 0.15) is 18.9 Å². The van der Waals surface area contributed by atoms with Gasteiger partial charge < -0.3 is 47.2 Å². The van der Waals surface area contributed by atoms with E-state index in [2.05, 4.69) is 16.0 Å². The van der Waals surface area contributed by atoms with Crippen molar-refractivity contribution in [1.29, 1.82) is 0 Å². The van der Waals surface area contributed by atoms with E-state index in [9.17, 15) is 34.5 Å². The fraction of sp³-hybridized carbons (Fsp3) is 0.500.